The monoisotopic (exact) mass is 246 g/mol. The van der Waals surface area contributed by atoms with Gasteiger partial charge >= 0.3 is 0 Å². The van der Waals surface area contributed by atoms with Crippen LogP contribution in [0.1, 0.15) is 64.6 Å². The molecule has 1 fully saturated rings. The third-order valence-electron chi connectivity index (χ3n) is 4.48. The van der Waals surface area contributed by atoms with E-state index in [2.05, 4.69) is 30.7 Å². The van der Waals surface area contributed by atoms with Crippen LogP contribution in [0.15, 0.2) is 18.5 Å². The van der Waals surface area contributed by atoms with Crippen molar-refractivity contribution in [2.45, 2.75) is 58.8 Å². The normalized spacial score (nSPS) is 26.2. The highest BCUT2D eigenvalue weighted by Crippen LogP contribution is 2.37. The molecule has 0 bridgehead atoms. The van der Waals surface area contributed by atoms with Crippen molar-refractivity contribution in [2.75, 3.05) is 0 Å². The Kier molecular flexibility index (Phi) is 4.73. The maximum Gasteiger partial charge on any atom is 0.130 e. The summed E-state index contributed by atoms with van der Waals surface area (Å²) >= 11 is 0. The molecule has 1 saturated carbocycles. The Bertz CT molecular complexity index is 347. The van der Waals surface area contributed by atoms with Gasteiger partial charge in [0.05, 0.1) is 0 Å². The molecule has 0 radical (unpaired) electrons. The van der Waals surface area contributed by atoms with Crippen molar-refractivity contribution in [1.82, 2.24) is 9.97 Å². The molecule has 0 aliphatic heterocycles. The van der Waals surface area contributed by atoms with Gasteiger partial charge in [-0.2, -0.15) is 0 Å². The van der Waals surface area contributed by atoms with Gasteiger partial charge in [0.15, 0.2) is 0 Å². The lowest BCUT2D eigenvalue weighted by molar-refractivity contribution is 0.200. The first kappa shape index (κ1) is 13.5. The molecule has 2 rings (SSSR count). The molecule has 2 nitrogen and oxygen atoms in total. The molecule has 1 heterocycles. The second kappa shape index (κ2) is 6.31. The molecule has 1 aromatic heterocycles. The molecule has 0 aromatic carbocycles. The van der Waals surface area contributed by atoms with Crippen molar-refractivity contribution < 1.29 is 0 Å². The van der Waals surface area contributed by atoms with Crippen molar-refractivity contribution >= 4 is 0 Å². The topological polar surface area (TPSA) is 25.8 Å². The Labute approximate surface area is 111 Å². The summed E-state index contributed by atoms with van der Waals surface area (Å²) in [6.45, 7) is 7.02. The fraction of sp³-hybridized carbons (Fsp3) is 0.750. The quantitative estimate of drug-likeness (QED) is 0.785. The fourth-order valence-corrected chi connectivity index (χ4v) is 3.32. The lowest BCUT2D eigenvalue weighted by Crippen LogP contribution is -2.21. The maximum absolute atomic E-state index is 4.39. The zero-order valence-corrected chi connectivity index (χ0v) is 12.0. The van der Waals surface area contributed by atoms with Crippen LogP contribution in [0.2, 0.25) is 0 Å². The molecule has 100 valence electrons. The predicted molar refractivity (Wildman–Crippen MR) is 75.4 cm³/mol. The third kappa shape index (κ3) is 3.54. The zero-order valence-electron chi connectivity index (χ0n) is 12.0. The van der Waals surface area contributed by atoms with Gasteiger partial charge in [-0.25, -0.2) is 9.97 Å². The summed E-state index contributed by atoms with van der Waals surface area (Å²) in [5.74, 6) is 4.18. The lowest BCUT2D eigenvalue weighted by atomic mass is 9.73. The molecular weight excluding hydrogens is 220 g/mol. The number of nitrogens with zero attached hydrogens (tertiary/aromatic N) is 2. The average Bonchev–Trinajstić information content (AvgIpc) is 2.40. The van der Waals surface area contributed by atoms with Gasteiger partial charge in [-0.1, -0.05) is 40.0 Å². The second-order valence-corrected chi connectivity index (χ2v) is 6.28. The molecule has 0 amide bonds. The minimum Gasteiger partial charge on any atom is -0.241 e. The van der Waals surface area contributed by atoms with E-state index in [0.717, 1.165) is 23.6 Å². The third-order valence-corrected chi connectivity index (χ3v) is 4.48. The molecule has 0 saturated heterocycles. The van der Waals surface area contributed by atoms with Crippen molar-refractivity contribution in [1.29, 1.82) is 0 Å². The largest absolute Gasteiger partial charge is 0.241 e. The summed E-state index contributed by atoms with van der Waals surface area (Å²) in [5.41, 5.74) is 0. The van der Waals surface area contributed by atoms with E-state index in [-0.39, 0.29) is 0 Å². The highest BCUT2D eigenvalue weighted by atomic mass is 14.9. The van der Waals surface area contributed by atoms with Gasteiger partial charge in [-0.05, 0) is 36.7 Å². The summed E-state index contributed by atoms with van der Waals surface area (Å²) in [7, 11) is 0. The van der Waals surface area contributed by atoms with E-state index >= 15 is 0 Å². The van der Waals surface area contributed by atoms with Gasteiger partial charge in [0.2, 0.25) is 0 Å². The standard InChI is InChI=1S/C16H26N2/c1-12(2)15-7-4-6-14(11-15)10-13(3)16-17-8-5-9-18-16/h5,8-9,12-15H,4,6-7,10-11H2,1-3H3. The van der Waals surface area contributed by atoms with Crippen molar-refractivity contribution in [3.8, 4) is 0 Å². The molecule has 1 aliphatic rings. The number of aromatic nitrogens is 2. The van der Waals surface area contributed by atoms with Crippen LogP contribution in [0.25, 0.3) is 0 Å². The van der Waals surface area contributed by atoms with Crippen molar-refractivity contribution in [3.05, 3.63) is 24.3 Å². The molecule has 0 spiro atoms. The molecular formula is C16H26N2. The molecule has 3 atom stereocenters. The van der Waals surface area contributed by atoms with E-state index in [4.69, 9.17) is 0 Å². The highest BCUT2D eigenvalue weighted by molar-refractivity contribution is 4.96. The Morgan fingerprint density at radius 3 is 2.56 bits per heavy atom. The van der Waals surface area contributed by atoms with Crippen LogP contribution >= 0.6 is 0 Å². The minimum atomic E-state index is 0.502. The van der Waals surface area contributed by atoms with Crippen LogP contribution < -0.4 is 0 Å². The Morgan fingerprint density at radius 1 is 1.17 bits per heavy atom. The van der Waals surface area contributed by atoms with E-state index < -0.39 is 0 Å². The van der Waals surface area contributed by atoms with Crippen molar-refractivity contribution in [2.24, 2.45) is 17.8 Å². The summed E-state index contributed by atoms with van der Waals surface area (Å²) in [6.07, 6.45) is 10.6. The van der Waals surface area contributed by atoms with Gasteiger partial charge in [-0.3, -0.25) is 0 Å². The first-order valence-corrected chi connectivity index (χ1v) is 7.43. The lowest BCUT2D eigenvalue weighted by Gasteiger charge is -2.32. The number of rotatable bonds is 4. The Balaban J connectivity index is 1.89. The van der Waals surface area contributed by atoms with E-state index in [9.17, 15) is 0 Å². The van der Waals surface area contributed by atoms with Gasteiger partial charge in [0.1, 0.15) is 5.82 Å². The highest BCUT2D eigenvalue weighted by Gasteiger charge is 2.26. The van der Waals surface area contributed by atoms with E-state index in [1.54, 1.807) is 0 Å². The summed E-state index contributed by atoms with van der Waals surface area (Å²) < 4.78 is 0. The molecule has 3 unspecified atom stereocenters. The van der Waals surface area contributed by atoms with E-state index in [0.29, 0.717) is 5.92 Å². The van der Waals surface area contributed by atoms with Gasteiger partial charge in [0.25, 0.3) is 0 Å². The second-order valence-electron chi connectivity index (χ2n) is 6.28. The first-order chi connectivity index (χ1) is 8.66. The van der Waals surface area contributed by atoms with Crippen LogP contribution in [0, 0.1) is 17.8 Å². The fourth-order valence-electron chi connectivity index (χ4n) is 3.32. The molecule has 18 heavy (non-hydrogen) atoms. The SMILES string of the molecule is CC(CC1CCCC(C(C)C)C1)c1ncccn1. The molecule has 1 aliphatic carbocycles. The van der Waals surface area contributed by atoms with Crippen LogP contribution in [0.3, 0.4) is 0 Å². The molecule has 2 heteroatoms. The van der Waals surface area contributed by atoms with Crippen molar-refractivity contribution in [3.63, 3.8) is 0 Å². The van der Waals surface area contributed by atoms with Crippen LogP contribution in [-0.4, -0.2) is 9.97 Å². The smallest absolute Gasteiger partial charge is 0.130 e. The van der Waals surface area contributed by atoms with Crippen LogP contribution in [0.5, 0.6) is 0 Å². The maximum atomic E-state index is 4.39. The number of hydrogen-bond donors (Lipinski definition) is 0. The van der Waals surface area contributed by atoms with Gasteiger partial charge < -0.3 is 0 Å². The average molecular weight is 246 g/mol. The molecule has 0 N–H and O–H groups in total. The van der Waals surface area contributed by atoms with E-state index in [1.807, 2.05) is 18.5 Å². The summed E-state index contributed by atoms with van der Waals surface area (Å²) in [5, 5.41) is 0. The van der Waals surface area contributed by atoms with Gasteiger partial charge in [-0.15, -0.1) is 0 Å². The minimum absolute atomic E-state index is 0.502. The summed E-state index contributed by atoms with van der Waals surface area (Å²) in [4.78, 5) is 8.77. The number of hydrogen-bond acceptors (Lipinski definition) is 2. The zero-order chi connectivity index (χ0) is 13.0. The van der Waals surface area contributed by atoms with E-state index in [1.165, 1.54) is 32.1 Å². The Morgan fingerprint density at radius 2 is 1.89 bits per heavy atom. The summed E-state index contributed by atoms with van der Waals surface area (Å²) in [6, 6.07) is 1.89. The van der Waals surface area contributed by atoms with Crippen LogP contribution in [-0.2, 0) is 0 Å². The molecule has 1 aromatic rings. The van der Waals surface area contributed by atoms with Gasteiger partial charge in [0, 0.05) is 18.3 Å². The predicted octanol–water partition coefficient (Wildman–Crippen LogP) is 4.43. The first-order valence-electron chi connectivity index (χ1n) is 7.43. The Hall–Kier alpha value is -0.920. The van der Waals surface area contributed by atoms with Crippen LogP contribution in [0.4, 0.5) is 0 Å².